The minimum atomic E-state index is -3.06. The van der Waals surface area contributed by atoms with Crippen LogP contribution in [0.1, 0.15) is 18.5 Å². The lowest BCUT2D eigenvalue weighted by Gasteiger charge is -2.29. The number of rotatable bonds is 4. The molecule has 0 unspecified atom stereocenters. The van der Waals surface area contributed by atoms with Crippen LogP contribution < -0.4 is 0 Å². The van der Waals surface area contributed by atoms with Crippen LogP contribution >= 0.6 is 0 Å². The van der Waals surface area contributed by atoms with Gasteiger partial charge in [-0.15, -0.1) is 0 Å². The molecule has 0 spiro atoms. The van der Waals surface area contributed by atoms with E-state index in [4.69, 9.17) is 0 Å². The van der Waals surface area contributed by atoms with Gasteiger partial charge in [-0.1, -0.05) is 0 Å². The van der Waals surface area contributed by atoms with Gasteiger partial charge in [-0.3, -0.25) is 10.1 Å². The summed E-state index contributed by atoms with van der Waals surface area (Å²) in [5.74, 6) is 0.448. The monoisotopic (exact) mass is 321 g/mol. The number of sulfonamides is 1. The Bertz CT molecular complexity index is 721. The normalized spacial score (nSPS) is 17.7. The zero-order chi connectivity index (χ0) is 15.6. The Balaban J connectivity index is 1.64. The Morgan fingerprint density at radius 3 is 2.73 bits per heavy atom. The van der Waals surface area contributed by atoms with E-state index in [2.05, 4.69) is 20.2 Å². The molecule has 0 amide bonds. The van der Waals surface area contributed by atoms with Gasteiger partial charge in [0.2, 0.25) is 10.0 Å². The van der Waals surface area contributed by atoms with Crippen LogP contribution in [0.25, 0.3) is 11.4 Å². The molecule has 1 N–H and O–H groups in total. The van der Waals surface area contributed by atoms with Gasteiger partial charge in [-0.2, -0.15) is 5.10 Å². The molecule has 1 aliphatic heterocycles. The minimum Gasteiger partial charge on any atom is -0.276 e. The van der Waals surface area contributed by atoms with Crippen LogP contribution in [0.15, 0.2) is 24.7 Å². The molecule has 2 aromatic heterocycles. The highest BCUT2D eigenvalue weighted by atomic mass is 32.2. The molecule has 0 radical (unpaired) electrons. The van der Waals surface area contributed by atoms with Crippen molar-refractivity contribution in [3.05, 3.63) is 30.4 Å². The lowest BCUT2D eigenvalue weighted by Crippen LogP contribution is -2.38. The summed E-state index contributed by atoms with van der Waals surface area (Å²) in [6.45, 7) is 1.19. The van der Waals surface area contributed by atoms with Crippen molar-refractivity contribution in [2.45, 2.75) is 19.3 Å². The lowest BCUT2D eigenvalue weighted by atomic mass is 9.93. The van der Waals surface area contributed by atoms with Crippen molar-refractivity contribution < 1.29 is 8.42 Å². The maximum absolute atomic E-state index is 11.5. The SMILES string of the molecule is CS(=O)(=O)N1CCC(Cc2cncc(-c3ccn[nH]3)n2)CC1. The molecule has 8 heteroatoms. The number of piperidine rings is 1. The first-order valence-electron chi connectivity index (χ1n) is 7.28. The molecular weight excluding hydrogens is 302 g/mol. The average molecular weight is 321 g/mol. The number of nitrogens with one attached hydrogen (secondary N) is 1. The lowest BCUT2D eigenvalue weighted by molar-refractivity contribution is 0.273. The van der Waals surface area contributed by atoms with Crippen LogP contribution in [-0.2, 0) is 16.4 Å². The molecule has 7 nitrogen and oxygen atoms in total. The van der Waals surface area contributed by atoms with Crippen LogP contribution in [0.2, 0.25) is 0 Å². The summed E-state index contributed by atoms with van der Waals surface area (Å²) < 4.78 is 24.6. The van der Waals surface area contributed by atoms with Gasteiger partial charge < -0.3 is 0 Å². The fourth-order valence-corrected chi connectivity index (χ4v) is 3.65. The molecule has 1 aliphatic rings. The summed E-state index contributed by atoms with van der Waals surface area (Å²) >= 11 is 0. The van der Waals surface area contributed by atoms with E-state index in [0.29, 0.717) is 19.0 Å². The van der Waals surface area contributed by atoms with Crippen molar-refractivity contribution >= 4 is 10.0 Å². The van der Waals surface area contributed by atoms with Crippen LogP contribution in [0, 0.1) is 5.92 Å². The highest BCUT2D eigenvalue weighted by Crippen LogP contribution is 2.23. The number of aromatic nitrogens is 4. The molecule has 1 saturated heterocycles. The number of nitrogens with zero attached hydrogens (tertiary/aromatic N) is 4. The largest absolute Gasteiger partial charge is 0.276 e. The predicted molar refractivity (Wildman–Crippen MR) is 82.5 cm³/mol. The highest BCUT2D eigenvalue weighted by Gasteiger charge is 2.25. The molecule has 0 aliphatic carbocycles. The summed E-state index contributed by atoms with van der Waals surface area (Å²) in [5.41, 5.74) is 2.56. The minimum absolute atomic E-state index is 0.448. The van der Waals surface area contributed by atoms with Gasteiger partial charge in [-0.05, 0) is 31.2 Å². The molecule has 0 bridgehead atoms. The van der Waals surface area contributed by atoms with Gasteiger partial charge in [0.05, 0.1) is 23.8 Å². The molecule has 3 rings (SSSR count). The molecule has 0 atom stereocenters. The van der Waals surface area contributed by atoms with E-state index in [1.54, 1.807) is 22.9 Å². The third-order valence-electron chi connectivity index (χ3n) is 4.00. The van der Waals surface area contributed by atoms with Crippen molar-refractivity contribution in [3.8, 4) is 11.4 Å². The maximum Gasteiger partial charge on any atom is 0.211 e. The Morgan fingerprint density at radius 1 is 1.32 bits per heavy atom. The number of hydrogen-bond acceptors (Lipinski definition) is 5. The quantitative estimate of drug-likeness (QED) is 0.910. The van der Waals surface area contributed by atoms with Gasteiger partial charge in [0.1, 0.15) is 5.69 Å². The second kappa shape index (κ2) is 6.13. The summed E-state index contributed by atoms with van der Waals surface area (Å²) in [5, 5.41) is 6.80. The second-order valence-electron chi connectivity index (χ2n) is 5.68. The summed E-state index contributed by atoms with van der Waals surface area (Å²) in [6.07, 6.45) is 9.00. The first kappa shape index (κ1) is 15.1. The predicted octanol–water partition coefficient (Wildman–Crippen LogP) is 1.08. The van der Waals surface area contributed by atoms with Gasteiger partial charge in [0.15, 0.2) is 0 Å². The fourth-order valence-electron chi connectivity index (χ4n) is 2.77. The van der Waals surface area contributed by atoms with Crippen molar-refractivity contribution in [1.29, 1.82) is 0 Å². The first-order valence-corrected chi connectivity index (χ1v) is 9.13. The Hall–Kier alpha value is -1.80. The standard InChI is InChI=1S/C14H19N5O2S/c1-22(20,21)19-6-3-11(4-7-19)8-12-9-15-10-14(17-12)13-2-5-16-18-13/h2,5,9-11H,3-4,6-8H2,1H3,(H,16,18). The van der Waals surface area contributed by atoms with E-state index in [9.17, 15) is 8.42 Å². The van der Waals surface area contributed by atoms with Crippen LogP contribution in [0.3, 0.4) is 0 Å². The van der Waals surface area contributed by atoms with Gasteiger partial charge in [0.25, 0.3) is 0 Å². The van der Waals surface area contributed by atoms with Crippen molar-refractivity contribution in [1.82, 2.24) is 24.5 Å². The third kappa shape index (κ3) is 3.50. The number of aromatic amines is 1. The van der Waals surface area contributed by atoms with Gasteiger partial charge in [-0.25, -0.2) is 17.7 Å². The number of H-pyrrole nitrogens is 1. The average Bonchev–Trinajstić information content (AvgIpc) is 3.01. The Labute approximate surface area is 129 Å². The summed E-state index contributed by atoms with van der Waals surface area (Å²) in [4.78, 5) is 8.86. The van der Waals surface area contributed by atoms with Crippen molar-refractivity contribution in [2.24, 2.45) is 5.92 Å². The molecule has 2 aromatic rings. The molecule has 0 aromatic carbocycles. The van der Waals surface area contributed by atoms with Crippen molar-refractivity contribution in [2.75, 3.05) is 19.3 Å². The smallest absolute Gasteiger partial charge is 0.211 e. The Kier molecular flexibility index (Phi) is 4.21. The van der Waals surface area contributed by atoms with Crippen molar-refractivity contribution in [3.63, 3.8) is 0 Å². The van der Waals surface area contributed by atoms with E-state index < -0.39 is 10.0 Å². The molecule has 0 saturated carbocycles. The summed E-state index contributed by atoms with van der Waals surface area (Å²) in [7, 11) is -3.06. The fraction of sp³-hybridized carbons (Fsp3) is 0.500. The van der Waals surface area contributed by atoms with E-state index in [1.165, 1.54) is 6.26 Å². The van der Waals surface area contributed by atoms with Crippen LogP contribution in [0.4, 0.5) is 0 Å². The molecular formula is C14H19N5O2S. The van der Waals surface area contributed by atoms with Gasteiger partial charge >= 0.3 is 0 Å². The second-order valence-corrected chi connectivity index (χ2v) is 7.66. The van der Waals surface area contributed by atoms with Gasteiger partial charge in [0, 0.05) is 25.5 Å². The highest BCUT2D eigenvalue weighted by molar-refractivity contribution is 7.88. The number of hydrogen-bond donors (Lipinski definition) is 1. The van der Waals surface area contributed by atoms with Crippen LogP contribution in [-0.4, -0.2) is 52.2 Å². The zero-order valence-electron chi connectivity index (χ0n) is 12.4. The maximum atomic E-state index is 11.5. The van der Waals surface area contributed by atoms with E-state index in [1.807, 2.05) is 6.07 Å². The molecule has 3 heterocycles. The van der Waals surface area contributed by atoms with E-state index >= 15 is 0 Å². The topological polar surface area (TPSA) is 91.8 Å². The third-order valence-corrected chi connectivity index (χ3v) is 5.30. The van der Waals surface area contributed by atoms with E-state index in [-0.39, 0.29) is 0 Å². The van der Waals surface area contributed by atoms with E-state index in [0.717, 1.165) is 36.3 Å². The Morgan fingerprint density at radius 2 is 2.09 bits per heavy atom. The van der Waals surface area contributed by atoms with Crippen LogP contribution in [0.5, 0.6) is 0 Å². The molecule has 118 valence electrons. The molecule has 22 heavy (non-hydrogen) atoms. The zero-order valence-corrected chi connectivity index (χ0v) is 13.3. The summed E-state index contributed by atoms with van der Waals surface area (Å²) in [6, 6.07) is 1.86. The molecule has 1 fully saturated rings. The first-order chi connectivity index (χ1) is 10.5.